The summed E-state index contributed by atoms with van der Waals surface area (Å²) >= 11 is 0. The van der Waals surface area contributed by atoms with Crippen molar-refractivity contribution in [3.05, 3.63) is 32.7 Å². The summed E-state index contributed by atoms with van der Waals surface area (Å²) in [7, 11) is 0. The van der Waals surface area contributed by atoms with Crippen LogP contribution in [0.3, 0.4) is 0 Å². The standard InChI is InChI=1S/C23H39N7O10/c24-21-16(14-30(23(35)28-21)22-20(34)19(33)17(15-31)40-22)2-1-4-26-18(32)3-6-36-8-10-38-12-13-39-11-9-37-7-5-27-29-25/h14,17,19-20,22,31,33-34H,1-13,15H2,(H,26,32)(H2,24,28,35)/t17-,19?,20?,22-/m1/s1. The minimum absolute atomic E-state index is 0.0226. The summed E-state index contributed by atoms with van der Waals surface area (Å²) in [6, 6.07) is 0. The first kappa shape index (κ1) is 33.3. The number of aryl methyl sites for hydroxylation is 1. The minimum Gasteiger partial charge on any atom is -0.394 e. The Morgan fingerprint density at radius 2 is 1.73 bits per heavy atom. The number of hydrogen-bond donors (Lipinski definition) is 5. The highest BCUT2D eigenvalue weighted by Crippen LogP contribution is 2.28. The van der Waals surface area contributed by atoms with Gasteiger partial charge < -0.3 is 50.1 Å². The highest BCUT2D eigenvalue weighted by Gasteiger charge is 2.43. The molecule has 0 bridgehead atoms. The van der Waals surface area contributed by atoms with Crippen LogP contribution >= 0.6 is 0 Å². The van der Waals surface area contributed by atoms with Crippen LogP contribution in [0, 0.1) is 0 Å². The van der Waals surface area contributed by atoms with Crippen molar-refractivity contribution in [2.45, 2.75) is 43.8 Å². The van der Waals surface area contributed by atoms with Gasteiger partial charge in [-0.15, -0.1) is 0 Å². The number of carbonyl (C=O) groups is 1. The van der Waals surface area contributed by atoms with E-state index in [4.69, 9.17) is 34.9 Å². The molecule has 17 heteroatoms. The highest BCUT2D eigenvalue weighted by molar-refractivity contribution is 5.75. The number of nitrogens with one attached hydrogen (secondary N) is 1. The maximum Gasteiger partial charge on any atom is 0.351 e. The van der Waals surface area contributed by atoms with E-state index in [2.05, 4.69) is 20.3 Å². The molecule has 1 fully saturated rings. The first-order valence-electron chi connectivity index (χ1n) is 13.0. The van der Waals surface area contributed by atoms with Crippen molar-refractivity contribution in [3.63, 3.8) is 0 Å². The lowest BCUT2D eigenvalue weighted by Gasteiger charge is -2.18. The molecule has 1 saturated heterocycles. The molecule has 0 spiro atoms. The number of aliphatic hydroxyl groups is 3. The van der Waals surface area contributed by atoms with Gasteiger partial charge in [0.1, 0.15) is 24.1 Å². The van der Waals surface area contributed by atoms with Gasteiger partial charge in [0.15, 0.2) is 6.23 Å². The Bertz CT molecular complexity index is 991. The van der Waals surface area contributed by atoms with E-state index in [-0.39, 0.29) is 24.8 Å². The van der Waals surface area contributed by atoms with Crippen LogP contribution < -0.4 is 16.7 Å². The second kappa shape index (κ2) is 19.3. The van der Waals surface area contributed by atoms with Crippen LogP contribution in [-0.2, 0) is 34.9 Å². The Kier molecular flexibility index (Phi) is 16.1. The van der Waals surface area contributed by atoms with Gasteiger partial charge in [0, 0.05) is 36.2 Å². The molecule has 1 amide bonds. The number of nitrogen functional groups attached to an aromatic ring is 1. The Labute approximate surface area is 230 Å². The summed E-state index contributed by atoms with van der Waals surface area (Å²) in [6.45, 7) is 3.07. The number of hydrogen-bond acceptors (Lipinski definition) is 13. The molecule has 2 unspecified atom stereocenters. The molecular weight excluding hydrogens is 534 g/mol. The molecule has 17 nitrogen and oxygen atoms in total. The summed E-state index contributed by atoms with van der Waals surface area (Å²) in [6.07, 6.45) is -2.54. The predicted molar refractivity (Wildman–Crippen MR) is 139 cm³/mol. The fraction of sp³-hybridized carbons (Fsp3) is 0.783. The van der Waals surface area contributed by atoms with Gasteiger partial charge in [0.05, 0.1) is 59.5 Å². The molecule has 0 radical (unpaired) electrons. The summed E-state index contributed by atoms with van der Waals surface area (Å²) in [5, 5.41) is 35.5. The zero-order chi connectivity index (χ0) is 29.2. The average molecular weight is 574 g/mol. The van der Waals surface area contributed by atoms with Gasteiger partial charge in [-0.3, -0.25) is 9.36 Å². The third kappa shape index (κ3) is 11.7. The third-order valence-electron chi connectivity index (χ3n) is 5.79. The molecule has 2 heterocycles. The first-order valence-corrected chi connectivity index (χ1v) is 13.0. The molecule has 0 aliphatic carbocycles. The van der Waals surface area contributed by atoms with Crippen LogP contribution in [0.2, 0.25) is 0 Å². The number of nitrogens with two attached hydrogens (primary N) is 1. The summed E-state index contributed by atoms with van der Waals surface area (Å²) in [5.74, 6) is -0.159. The Balaban J connectivity index is 1.52. The SMILES string of the molecule is [N-]=[N+]=NCCOCCOCCOCCOCCC(=O)NCCCc1cn([C@@H]2O[C@H](CO)C(O)C2O)c(=O)nc1N. The number of ether oxygens (including phenoxy) is 5. The Morgan fingerprint density at radius 1 is 1.10 bits per heavy atom. The quantitative estimate of drug-likeness (QED) is 0.0476. The summed E-state index contributed by atoms with van der Waals surface area (Å²) in [5.41, 5.74) is 13.7. The monoisotopic (exact) mass is 573 g/mol. The molecule has 4 atom stereocenters. The Hall–Kier alpha value is -2.86. The summed E-state index contributed by atoms with van der Waals surface area (Å²) in [4.78, 5) is 30.7. The predicted octanol–water partition coefficient (Wildman–Crippen LogP) is -1.75. The largest absolute Gasteiger partial charge is 0.394 e. The van der Waals surface area contributed by atoms with Crippen LogP contribution in [0.15, 0.2) is 16.1 Å². The maximum atomic E-state index is 12.3. The van der Waals surface area contributed by atoms with Crippen LogP contribution in [0.5, 0.6) is 0 Å². The van der Waals surface area contributed by atoms with Gasteiger partial charge in [0.25, 0.3) is 0 Å². The molecule has 1 aromatic rings. The first-order chi connectivity index (χ1) is 19.4. The maximum absolute atomic E-state index is 12.3. The molecule has 1 aromatic heterocycles. The molecule has 0 saturated carbocycles. The van der Waals surface area contributed by atoms with E-state index >= 15 is 0 Å². The number of azide groups is 1. The van der Waals surface area contributed by atoms with E-state index in [1.54, 1.807) is 0 Å². The number of rotatable bonds is 21. The van der Waals surface area contributed by atoms with E-state index < -0.39 is 36.8 Å². The number of carbonyl (C=O) groups excluding carboxylic acids is 1. The number of anilines is 1. The second-order valence-corrected chi connectivity index (χ2v) is 8.68. The van der Waals surface area contributed by atoms with Crippen molar-refractivity contribution in [1.82, 2.24) is 14.9 Å². The van der Waals surface area contributed by atoms with E-state index in [0.717, 1.165) is 4.57 Å². The molecule has 226 valence electrons. The lowest BCUT2D eigenvalue weighted by molar-refractivity contribution is -0.122. The van der Waals surface area contributed by atoms with E-state index in [0.29, 0.717) is 77.7 Å². The number of amides is 1. The smallest absolute Gasteiger partial charge is 0.351 e. The number of nitrogens with zero attached hydrogens (tertiary/aromatic N) is 5. The zero-order valence-electron chi connectivity index (χ0n) is 22.3. The topological polar surface area (TPSA) is 246 Å². The van der Waals surface area contributed by atoms with Gasteiger partial charge in [-0.05, 0) is 18.4 Å². The average Bonchev–Trinajstić information content (AvgIpc) is 3.22. The molecule has 1 aliphatic rings. The molecule has 40 heavy (non-hydrogen) atoms. The van der Waals surface area contributed by atoms with Crippen LogP contribution in [0.4, 0.5) is 5.82 Å². The lowest BCUT2D eigenvalue weighted by Crippen LogP contribution is -2.36. The van der Waals surface area contributed by atoms with Crippen molar-refractivity contribution in [1.29, 1.82) is 0 Å². The molecule has 2 rings (SSSR count). The van der Waals surface area contributed by atoms with Crippen LogP contribution in [-0.4, -0.2) is 122 Å². The zero-order valence-corrected chi connectivity index (χ0v) is 22.3. The molecule has 0 aromatic carbocycles. The van der Waals surface area contributed by atoms with Gasteiger partial charge in [-0.25, -0.2) is 4.79 Å². The van der Waals surface area contributed by atoms with Gasteiger partial charge >= 0.3 is 5.69 Å². The lowest BCUT2D eigenvalue weighted by atomic mass is 10.1. The van der Waals surface area contributed by atoms with Crippen molar-refractivity contribution >= 4 is 11.7 Å². The van der Waals surface area contributed by atoms with Crippen molar-refractivity contribution in [2.75, 3.05) is 78.3 Å². The minimum atomic E-state index is -1.42. The van der Waals surface area contributed by atoms with Crippen LogP contribution in [0.25, 0.3) is 10.4 Å². The van der Waals surface area contributed by atoms with Crippen molar-refractivity contribution < 1.29 is 43.8 Å². The fourth-order valence-electron chi connectivity index (χ4n) is 3.68. The second-order valence-electron chi connectivity index (χ2n) is 8.68. The normalized spacial score (nSPS) is 20.4. The third-order valence-corrected chi connectivity index (χ3v) is 5.79. The summed E-state index contributed by atoms with van der Waals surface area (Å²) < 4.78 is 27.7. The van der Waals surface area contributed by atoms with Crippen molar-refractivity contribution in [2.24, 2.45) is 5.11 Å². The van der Waals surface area contributed by atoms with E-state index in [1.165, 1.54) is 6.20 Å². The van der Waals surface area contributed by atoms with Crippen LogP contribution in [0.1, 0.15) is 24.6 Å². The van der Waals surface area contributed by atoms with Crippen molar-refractivity contribution in [3.8, 4) is 0 Å². The molecular formula is C23H39N7O10. The highest BCUT2D eigenvalue weighted by atomic mass is 16.6. The Morgan fingerprint density at radius 3 is 2.33 bits per heavy atom. The molecule has 6 N–H and O–H groups in total. The van der Waals surface area contributed by atoms with Gasteiger partial charge in [-0.1, -0.05) is 5.11 Å². The van der Waals surface area contributed by atoms with E-state index in [9.17, 15) is 24.9 Å². The number of aromatic nitrogens is 2. The van der Waals surface area contributed by atoms with E-state index in [1.807, 2.05) is 0 Å². The molecule has 1 aliphatic heterocycles. The number of aliphatic hydroxyl groups excluding tert-OH is 3. The van der Waals surface area contributed by atoms with Gasteiger partial charge in [0.2, 0.25) is 5.91 Å². The fourth-order valence-corrected chi connectivity index (χ4v) is 3.68. The van der Waals surface area contributed by atoms with Gasteiger partial charge in [-0.2, -0.15) is 4.98 Å².